The van der Waals surface area contributed by atoms with Crippen LogP contribution in [0.4, 0.5) is 0 Å². The van der Waals surface area contributed by atoms with Crippen LogP contribution < -0.4 is 0 Å². The minimum Gasteiger partial charge on any atom is -0.167 e. The smallest absolute Gasteiger partial charge is 0.0621 e. The van der Waals surface area contributed by atoms with Crippen LogP contribution in [0.5, 0.6) is 0 Å². The Balaban J connectivity index is 2.17. The number of rotatable bonds is 0. The van der Waals surface area contributed by atoms with Crippen LogP contribution in [0, 0.1) is 0 Å². The molecule has 1 aliphatic heterocycles. The molecule has 0 unspecified atom stereocenters. The molecule has 0 bridgehead atoms. The van der Waals surface area contributed by atoms with Gasteiger partial charge in [-0.3, -0.25) is 0 Å². The van der Waals surface area contributed by atoms with E-state index in [0.717, 1.165) is 25.9 Å². The summed E-state index contributed by atoms with van der Waals surface area (Å²) in [5.41, 5.74) is 0. The zero-order valence-electron chi connectivity index (χ0n) is 8.86. The van der Waals surface area contributed by atoms with Gasteiger partial charge in [0.1, 0.15) is 0 Å². The highest BCUT2D eigenvalue weighted by molar-refractivity contribution is 4.49. The van der Waals surface area contributed by atoms with Crippen molar-refractivity contribution >= 4 is 0 Å². The molecule has 1 heterocycles. The minimum atomic E-state index is 0.805. The Morgan fingerprint density at radius 1 is 0.429 bits per heavy atom. The maximum Gasteiger partial charge on any atom is 0.0621 e. The lowest BCUT2D eigenvalue weighted by molar-refractivity contribution is 0.561. The van der Waals surface area contributed by atoms with Crippen LogP contribution >= 0.6 is 0 Å². The molecule has 0 spiro atoms. The molecule has 4 heteroatoms. The molecule has 0 fully saturated rings. The van der Waals surface area contributed by atoms with Gasteiger partial charge >= 0.3 is 0 Å². The van der Waals surface area contributed by atoms with Crippen LogP contribution in [0.15, 0.2) is 20.7 Å². The topological polar surface area (TPSA) is 49.4 Å². The second-order valence-electron chi connectivity index (χ2n) is 3.74. The first-order valence-electron chi connectivity index (χ1n) is 5.73. The number of nitrogens with zero attached hydrogens (tertiary/aromatic N) is 4. The maximum absolute atomic E-state index is 3.92. The van der Waals surface area contributed by atoms with Crippen molar-refractivity contribution in [1.29, 1.82) is 0 Å². The third-order valence-electron chi connectivity index (χ3n) is 2.43. The Bertz CT molecular complexity index is 157. The van der Waals surface area contributed by atoms with Crippen LogP contribution in [0.2, 0.25) is 0 Å². The van der Waals surface area contributed by atoms with E-state index in [0.29, 0.717) is 0 Å². The molecule has 0 atom stereocenters. The molecule has 1 rings (SSSR count). The predicted molar refractivity (Wildman–Crippen MR) is 56.4 cm³/mol. The molecule has 0 saturated heterocycles. The number of hydrogen-bond donors (Lipinski definition) is 0. The van der Waals surface area contributed by atoms with Crippen molar-refractivity contribution in [1.82, 2.24) is 0 Å². The van der Waals surface area contributed by atoms with Crippen molar-refractivity contribution in [2.75, 3.05) is 13.1 Å². The molecular weight excluding hydrogens is 176 g/mol. The standard InChI is InChI=1S/C10H20N4/c1-2-4-6-8-10-12-14-13-11-9-7-5-3-1/h1-10H2/b13-11+,14-12+. The summed E-state index contributed by atoms with van der Waals surface area (Å²) >= 11 is 0. The quantitative estimate of drug-likeness (QED) is 0.563. The van der Waals surface area contributed by atoms with Gasteiger partial charge in [0.25, 0.3) is 0 Å². The largest absolute Gasteiger partial charge is 0.167 e. The lowest BCUT2D eigenvalue weighted by atomic mass is 10.1. The highest BCUT2D eigenvalue weighted by atomic mass is 15.5. The van der Waals surface area contributed by atoms with Crippen molar-refractivity contribution in [3.63, 3.8) is 0 Å². The molecule has 0 amide bonds. The molecule has 0 N–H and O–H groups in total. The lowest BCUT2D eigenvalue weighted by Gasteiger charge is -2.00. The van der Waals surface area contributed by atoms with Crippen LogP contribution in [0.1, 0.15) is 51.4 Å². The normalized spacial score (nSPS) is 26.3. The highest BCUT2D eigenvalue weighted by Gasteiger charge is 1.92. The van der Waals surface area contributed by atoms with Crippen molar-refractivity contribution in [2.45, 2.75) is 51.4 Å². The molecule has 1 aliphatic rings. The highest BCUT2D eigenvalue weighted by Crippen LogP contribution is 2.09. The van der Waals surface area contributed by atoms with E-state index in [1.165, 1.54) is 38.5 Å². The summed E-state index contributed by atoms with van der Waals surface area (Å²) in [7, 11) is 0. The van der Waals surface area contributed by atoms with Gasteiger partial charge in [0, 0.05) is 0 Å². The molecule has 0 radical (unpaired) electrons. The molecule has 0 aliphatic carbocycles. The molecule has 0 aromatic carbocycles. The summed E-state index contributed by atoms with van der Waals surface area (Å²) in [4.78, 5) is 0. The Labute approximate surface area is 85.9 Å². The van der Waals surface area contributed by atoms with E-state index in [1.54, 1.807) is 0 Å². The van der Waals surface area contributed by atoms with Gasteiger partial charge in [-0.25, -0.2) is 0 Å². The van der Waals surface area contributed by atoms with Crippen LogP contribution in [0.25, 0.3) is 0 Å². The third kappa shape index (κ3) is 6.69. The second-order valence-corrected chi connectivity index (χ2v) is 3.74. The molecule has 4 nitrogen and oxygen atoms in total. The Hall–Kier alpha value is -0.800. The Kier molecular flexibility index (Phi) is 7.07. The fourth-order valence-corrected chi connectivity index (χ4v) is 1.57. The van der Waals surface area contributed by atoms with E-state index < -0.39 is 0 Å². The van der Waals surface area contributed by atoms with E-state index in [2.05, 4.69) is 20.7 Å². The van der Waals surface area contributed by atoms with Gasteiger partial charge in [-0.1, -0.05) is 38.5 Å². The third-order valence-corrected chi connectivity index (χ3v) is 2.43. The summed E-state index contributed by atoms with van der Waals surface area (Å²) < 4.78 is 0. The van der Waals surface area contributed by atoms with E-state index in [9.17, 15) is 0 Å². The van der Waals surface area contributed by atoms with E-state index in [-0.39, 0.29) is 0 Å². The van der Waals surface area contributed by atoms with Crippen LogP contribution in [-0.2, 0) is 0 Å². The summed E-state index contributed by atoms with van der Waals surface area (Å²) in [5.74, 6) is 0. The Morgan fingerprint density at radius 2 is 0.786 bits per heavy atom. The van der Waals surface area contributed by atoms with Gasteiger partial charge in [0.2, 0.25) is 0 Å². The van der Waals surface area contributed by atoms with Gasteiger partial charge in [-0.2, -0.15) is 10.2 Å². The fourth-order valence-electron chi connectivity index (χ4n) is 1.57. The van der Waals surface area contributed by atoms with E-state index >= 15 is 0 Å². The van der Waals surface area contributed by atoms with Gasteiger partial charge in [-0.15, -0.1) is 0 Å². The van der Waals surface area contributed by atoms with Gasteiger partial charge in [-0.05, 0) is 23.3 Å². The summed E-state index contributed by atoms with van der Waals surface area (Å²) in [6.07, 6.45) is 10.3. The summed E-state index contributed by atoms with van der Waals surface area (Å²) in [5, 5.41) is 15.1. The zero-order chi connectivity index (χ0) is 9.90. The van der Waals surface area contributed by atoms with Gasteiger partial charge in [0.05, 0.1) is 13.1 Å². The van der Waals surface area contributed by atoms with E-state index in [1.807, 2.05) is 0 Å². The minimum absolute atomic E-state index is 0.805. The first-order valence-corrected chi connectivity index (χ1v) is 5.73. The van der Waals surface area contributed by atoms with Crippen molar-refractivity contribution in [3.8, 4) is 0 Å². The van der Waals surface area contributed by atoms with Crippen molar-refractivity contribution in [3.05, 3.63) is 0 Å². The molecule has 80 valence electrons. The van der Waals surface area contributed by atoms with Crippen LogP contribution in [-0.4, -0.2) is 13.1 Å². The molecular formula is C10H20N4. The maximum atomic E-state index is 3.92. The second kappa shape index (κ2) is 8.78. The average molecular weight is 196 g/mol. The fraction of sp³-hybridized carbons (Fsp3) is 1.00. The summed E-state index contributed by atoms with van der Waals surface area (Å²) in [6.45, 7) is 1.61. The molecule has 0 aromatic rings. The van der Waals surface area contributed by atoms with Crippen LogP contribution in [0.3, 0.4) is 0 Å². The van der Waals surface area contributed by atoms with Gasteiger partial charge < -0.3 is 0 Å². The zero-order valence-corrected chi connectivity index (χ0v) is 8.86. The van der Waals surface area contributed by atoms with Crippen molar-refractivity contribution < 1.29 is 0 Å². The first kappa shape index (κ1) is 11.3. The van der Waals surface area contributed by atoms with Crippen molar-refractivity contribution in [2.24, 2.45) is 20.7 Å². The number of hydrogen-bond acceptors (Lipinski definition) is 4. The van der Waals surface area contributed by atoms with E-state index in [4.69, 9.17) is 0 Å². The predicted octanol–water partition coefficient (Wildman–Crippen LogP) is 3.94. The summed E-state index contributed by atoms with van der Waals surface area (Å²) in [6, 6.07) is 0. The monoisotopic (exact) mass is 196 g/mol. The SMILES string of the molecule is C1CCCCC/N=N/N=N/CCCC1. The van der Waals surface area contributed by atoms with Gasteiger partial charge in [0.15, 0.2) is 0 Å². The molecule has 14 heavy (non-hydrogen) atoms. The Morgan fingerprint density at radius 3 is 1.21 bits per heavy atom. The molecule has 0 aromatic heterocycles. The lowest BCUT2D eigenvalue weighted by Crippen LogP contribution is -1.85. The average Bonchev–Trinajstić information content (AvgIpc) is 2.22. The first-order chi connectivity index (χ1) is 7.00. The molecule has 0 saturated carbocycles.